The van der Waals surface area contributed by atoms with Gasteiger partial charge in [-0.2, -0.15) is 24.0 Å². The van der Waals surface area contributed by atoms with Gasteiger partial charge in [0.1, 0.15) is 0 Å². The third-order valence-corrected chi connectivity index (χ3v) is 3.70. The van der Waals surface area contributed by atoms with Crippen LogP contribution in [0.3, 0.4) is 0 Å². The van der Waals surface area contributed by atoms with Gasteiger partial charge in [0, 0.05) is 24.9 Å². The highest BCUT2D eigenvalue weighted by molar-refractivity contribution is 7.80. The maximum atomic E-state index is 5.49. The minimum atomic E-state index is 0.764. The maximum absolute atomic E-state index is 5.49. The molecule has 0 radical (unpaired) electrons. The first-order valence-electron chi connectivity index (χ1n) is 5.84. The van der Waals surface area contributed by atoms with Crippen molar-refractivity contribution in [2.24, 2.45) is 0 Å². The average molecular weight is 257 g/mol. The largest absolute Gasteiger partial charge is 0.379 e. The molecule has 1 aliphatic carbocycles. The Bertz CT molecular complexity index is 285. The molecule has 1 saturated carbocycles. The molecule has 0 spiro atoms. The van der Waals surface area contributed by atoms with Gasteiger partial charge in [0.2, 0.25) is 0 Å². The van der Waals surface area contributed by atoms with E-state index in [0.29, 0.717) is 0 Å². The predicted molar refractivity (Wildman–Crippen MR) is 72.4 cm³/mol. The van der Waals surface area contributed by atoms with Gasteiger partial charge < -0.3 is 4.74 Å². The molecule has 1 aromatic rings. The number of rotatable bonds is 8. The number of nitrogens with zero attached hydrogens (tertiary/aromatic N) is 1. The molecule has 0 bridgehead atoms. The molecule has 4 heteroatoms. The van der Waals surface area contributed by atoms with Crippen LogP contribution in [0.4, 0.5) is 0 Å². The predicted octanol–water partition coefficient (Wildman–Crippen LogP) is 2.66. The lowest BCUT2D eigenvalue weighted by molar-refractivity contribution is 0.109. The van der Waals surface area contributed by atoms with Gasteiger partial charge in [-0.05, 0) is 35.2 Å². The van der Waals surface area contributed by atoms with Gasteiger partial charge in [-0.3, -0.25) is 4.90 Å². The van der Waals surface area contributed by atoms with Gasteiger partial charge >= 0.3 is 0 Å². The van der Waals surface area contributed by atoms with E-state index in [9.17, 15) is 0 Å². The van der Waals surface area contributed by atoms with E-state index in [1.807, 2.05) is 0 Å². The fraction of sp³-hybridized carbons (Fsp3) is 0.667. The van der Waals surface area contributed by atoms with E-state index in [1.165, 1.54) is 18.4 Å². The fourth-order valence-electron chi connectivity index (χ4n) is 1.80. The smallest absolute Gasteiger partial charge is 0.0594 e. The molecular formula is C12H19NOS2. The monoisotopic (exact) mass is 257 g/mol. The van der Waals surface area contributed by atoms with Crippen LogP contribution < -0.4 is 0 Å². The van der Waals surface area contributed by atoms with Crippen molar-refractivity contribution in [2.45, 2.75) is 25.4 Å². The fourth-order valence-corrected chi connectivity index (χ4v) is 2.58. The molecule has 0 unspecified atom stereocenters. The minimum Gasteiger partial charge on any atom is -0.379 e. The van der Waals surface area contributed by atoms with E-state index in [4.69, 9.17) is 4.74 Å². The van der Waals surface area contributed by atoms with Gasteiger partial charge in [-0.15, -0.1) is 0 Å². The van der Waals surface area contributed by atoms with Crippen LogP contribution in [-0.2, 0) is 11.3 Å². The van der Waals surface area contributed by atoms with Gasteiger partial charge in [-0.1, -0.05) is 0 Å². The Morgan fingerprint density at radius 3 is 2.94 bits per heavy atom. The van der Waals surface area contributed by atoms with Crippen molar-refractivity contribution < 1.29 is 4.74 Å². The Morgan fingerprint density at radius 1 is 1.44 bits per heavy atom. The Balaban J connectivity index is 1.72. The highest BCUT2D eigenvalue weighted by atomic mass is 32.1. The first-order valence-corrected chi connectivity index (χ1v) is 7.41. The molecule has 0 aromatic carbocycles. The van der Waals surface area contributed by atoms with E-state index in [1.54, 1.807) is 11.3 Å². The Hall–Kier alpha value is -0.0300. The van der Waals surface area contributed by atoms with Crippen molar-refractivity contribution in [2.75, 3.05) is 25.5 Å². The molecule has 0 amide bonds. The van der Waals surface area contributed by atoms with Crippen LogP contribution in [-0.4, -0.2) is 36.5 Å². The number of hydrogen-bond donors (Lipinski definition) is 1. The summed E-state index contributed by atoms with van der Waals surface area (Å²) in [5.41, 5.74) is 1.44. The van der Waals surface area contributed by atoms with Crippen LogP contribution in [0.25, 0.3) is 0 Å². The zero-order valence-corrected chi connectivity index (χ0v) is 11.2. The van der Waals surface area contributed by atoms with Crippen molar-refractivity contribution in [1.29, 1.82) is 0 Å². The van der Waals surface area contributed by atoms with Gasteiger partial charge in [0.15, 0.2) is 0 Å². The molecule has 0 aliphatic heterocycles. The average Bonchev–Trinajstić information content (AvgIpc) is 3.02. The minimum absolute atomic E-state index is 0.764. The van der Waals surface area contributed by atoms with Crippen LogP contribution in [0.1, 0.15) is 18.4 Å². The SMILES string of the molecule is SCCOCCN(Cc1ccsc1)C1CC1. The molecule has 1 aliphatic rings. The summed E-state index contributed by atoms with van der Waals surface area (Å²) in [7, 11) is 0. The van der Waals surface area contributed by atoms with Gasteiger partial charge in [0.25, 0.3) is 0 Å². The first kappa shape index (κ1) is 12.4. The molecular weight excluding hydrogens is 238 g/mol. The molecule has 1 heterocycles. The highest BCUT2D eigenvalue weighted by Gasteiger charge is 2.28. The maximum Gasteiger partial charge on any atom is 0.0594 e. The number of thiol groups is 1. The molecule has 2 nitrogen and oxygen atoms in total. The number of hydrogen-bond acceptors (Lipinski definition) is 4. The van der Waals surface area contributed by atoms with Crippen LogP contribution >= 0.6 is 24.0 Å². The van der Waals surface area contributed by atoms with Crippen molar-refractivity contribution in [1.82, 2.24) is 4.90 Å². The molecule has 90 valence electrons. The standard InChI is InChI=1S/C12H19NOS2/c15-7-6-14-5-4-13(12-1-2-12)9-11-3-8-16-10-11/h3,8,10,12,15H,1-2,4-7,9H2. The zero-order chi connectivity index (χ0) is 11.2. The normalized spacial score (nSPS) is 15.9. The molecule has 16 heavy (non-hydrogen) atoms. The third kappa shape index (κ3) is 4.09. The van der Waals surface area contributed by atoms with Crippen molar-refractivity contribution in [3.05, 3.63) is 22.4 Å². The van der Waals surface area contributed by atoms with Crippen molar-refractivity contribution in [3.63, 3.8) is 0 Å². The molecule has 1 fully saturated rings. The van der Waals surface area contributed by atoms with Crippen LogP contribution in [0.15, 0.2) is 16.8 Å². The topological polar surface area (TPSA) is 12.5 Å². The molecule has 1 aromatic heterocycles. The van der Waals surface area contributed by atoms with Crippen LogP contribution in [0.5, 0.6) is 0 Å². The lowest BCUT2D eigenvalue weighted by Gasteiger charge is -2.21. The molecule has 0 saturated heterocycles. The Labute approximate surface area is 107 Å². The quantitative estimate of drug-likeness (QED) is 0.568. The second-order valence-corrected chi connectivity index (χ2v) is 5.40. The van der Waals surface area contributed by atoms with Crippen LogP contribution in [0, 0.1) is 0 Å². The summed E-state index contributed by atoms with van der Waals surface area (Å²) in [5.74, 6) is 0.813. The second-order valence-electron chi connectivity index (χ2n) is 4.17. The molecule has 0 atom stereocenters. The number of thiophene rings is 1. The van der Waals surface area contributed by atoms with Gasteiger partial charge in [-0.25, -0.2) is 0 Å². The Morgan fingerprint density at radius 2 is 2.31 bits per heavy atom. The van der Waals surface area contributed by atoms with Gasteiger partial charge in [0.05, 0.1) is 13.2 Å². The van der Waals surface area contributed by atoms with E-state index in [-0.39, 0.29) is 0 Å². The van der Waals surface area contributed by atoms with E-state index in [0.717, 1.165) is 38.1 Å². The van der Waals surface area contributed by atoms with E-state index < -0.39 is 0 Å². The van der Waals surface area contributed by atoms with Crippen molar-refractivity contribution in [3.8, 4) is 0 Å². The summed E-state index contributed by atoms with van der Waals surface area (Å²) in [6, 6.07) is 3.02. The van der Waals surface area contributed by atoms with E-state index in [2.05, 4.69) is 34.4 Å². The lowest BCUT2D eigenvalue weighted by Crippen LogP contribution is -2.29. The molecule has 0 N–H and O–H groups in total. The second kappa shape index (κ2) is 6.64. The summed E-state index contributed by atoms with van der Waals surface area (Å²) < 4.78 is 5.49. The zero-order valence-electron chi connectivity index (χ0n) is 9.47. The van der Waals surface area contributed by atoms with Crippen LogP contribution in [0.2, 0.25) is 0 Å². The third-order valence-electron chi connectivity index (χ3n) is 2.79. The van der Waals surface area contributed by atoms with Crippen molar-refractivity contribution >= 4 is 24.0 Å². The van der Waals surface area contributed by atoms with E-state index >= 15 is 0 Å². The highest BCUT2D eigenvalue weighted by Crippen LogP contribution is 2.28. The summed E-state index contributed by atoms with van der Waals surface area (Å²) in [5, 5.41) is 4.39. The summed E-state index contributed by atoms with van der Waals surface area (Å²) in [6.45, 7) is 3.73. The molecule has 2 rings (SSSR count). The summed E-state index contributed by atoms with van der Waals surface area (Å²) in [6.07, 6.45) is 2.72. The summed E-state index contributed by atoms with van der Waals surface area (Å²) in [4.78, 5) is 2.54. The summed E-state index contributed by atoms with van der Waals surface area (Å²) >= 11 is 5.91. The first-order chi connectivity index (χ1) is 7.90. The number of ether oxygens (including phenoxy) is 1. The Kier molecular flexibility index (Phi) is 5.16. The lowest BCUT2D eigenvalue weighted by atomic mass is 10.3.